The Morgan fingerprint density at radius 3 is 2.73 bits per heavy atom. The van der Waals surface area contributed by atoms with E-state index in [0.717, 1.165) is 0 Å². The van der Waals surface area contributed by atoms with E-state index in [4.69, 9.17) is 9.84 Å². The van der Waals surface area contributed by atoms with Gasteiger partial charge in [-0.3, -0.25) is 4.79 Å². The van der Waals surface area contributed by atoms with E-state index < -0.39 is 6.09 Å². The van der Waals surface area contributed by atoms with E-state index in [1.165, 1.54) is 11.8 Å². The number of hydrogen-bond acceptors (Lipinski definition) is 5. The van der Waals surface area contributed by atoms with E-state index in [1.54, 1.807) is 13.8 Å². The third kappa shape index (κ3) is 9.07. The second-order valence-electron chi connectivity index (χ2n) is 2.45. The molecule has 86 valence electrons. The Bertz CT molecular complexity index is 255. The molecule has 6 nitrogen and oxygen atoms in total. The minimum Gasteiger partial charge on any atom is -0.466 e. The Balaban J connectivity index is 3.62. The lowest BCUT2D eigenvalue weighted by molar-refractivity contribution is -0.142. The molecule has 0 atom stereocenters. The second kappa shape index (κ2) is 8.10. The Hall–Kier alpha value is -1.24. The molecule has 0 saturated heterocycles. The number of ether oxygens (including phenoxy) is 1. The summed E-state index contributed by atoms with van der Waals surface area (Å²) in [6, 6.07) is 0. The highest BCUT2D eigenvalue weighted by molar-refractivity contribution is 8.13. The molecule has 0 aliphatic heterocycles. The summed E-state index contributed by atoms with van der Waals surface area (Å²) in [4.78, 5) is 21.0. The first-order chi connectivity index (χ1) is 7.06. The van der Waals surface area contributed by atoms with Crippen LogP contribution in [-0.2, 0) is 9.53 Å². The van der Waals surface area contributed by atoms with Gasteiger partial charge < -0.3 is 9.84 Å². The summed E-state index contributed by atoms with van der Waals surface area (Å²) in [6.07, 6.45) is -0.918. The van der Waals surface area contributed by atoms with Gasteiger partial charge >= 0.3 is 12.1 Å². The lowest BCUT2D eigenvalue weighted by atomic mass is 10.5. The van der Waals surface area contributed by atoms with Crippen LogP contribution in [0.5, 0.6) is 0 Å². The van der Waals surface area contributed by atoms with Gasteiger partial charge in [0.2, 0.25) is 0 Å². The molecule has 0 aromatic heterocycles. The fourth-order valence-electron chi connectivity index (χ4n) is 0.674. The van der Waals surface area contributed by atoms with Crippen molar-refractivity contribution >= 4 is 28.9 Å². The van der Waals surface area contributed by atoms with Crippen LogP contribution in [0.2, 0.25) is 0 Å². The van der Waals surface area contributed by atoms with Gasteiger partial charge in [0, 0.05) is 5.75 Å². The maximum atomic E-state index is 10.9. The molecule has 0 radical (unpaired) electrons. The minimum atomic E-state index is -1.21. The molecular formula is C8H14N2O4S. The SMILES string of the molecule is CCOC(=O)CCSC(C)=NNC(=O)O. The van der Waals surface area contributed by atoms with E-state index in [1.807, 2.05) is 5.43 Å². The van der Waals surface area contributed by atoms with Crippen LogP contribution in [0.15, 0.2) is 5.10 Å². The maximum absolute atomic E-state index is 10.9. The van der Waals surface area contributed by atoms with Gasteiger partial charge in [-0.05, 0) is 13.8 Å². The van der Waals surface area contributed by atoms with Gasteiger partial charge in [-0.25, -0.2) is 10.2 Å². The predicted octanol–water partition coefficient (Wildman–Crippen LogP) is 1.27. The highest BCUT2D eigenvalue weighted by Crippen LogP contribution is 2.05. The van der Waals surface area contributed by atoms with Gasteiger partial charge in [0.15, 0.2) is 0 Å². The Kier molecular flexibility index (Phi) is 7.43. The highest BCUT2D eigenvalue weighted by Gasteiger charge is 2.02. The zero-order chi connectivity index (χ0) is 11.7. The van der Waals surface area contributed by atoms with Crippen LogP contribution in [0.4, 0.5) is 4.79 Å². The third-order valence-electron chi connectivity index (χ3n) is 1.23. The van der Waals surface area contributed by atoms with Gasteiger partial charge in [-0.2, -0.15) is 5.10 Å². The predicted molar refractivity (Wildman–Crippen MR) is 58.0 cm³/mol. The van der Waals surface area contributed by atoms with Crippen molar-refractivity contribution in [2.45, 2.75) is 20.3 Å². The van der Waals surface area contributed by atoms with Crippen LogP contribution in [0, 0.1) is 0 Å². The molecule has 0 aliphatic rings. The molecule has 0 unspecified atom stereocenters. The Morgan fingerprint density at radius 2 is 2.20 bits per heavy atom. The number of hydrogen-bond donors (Lipinski definition) is 2. The van der Waals surface area contributed by atoms with Crippen molar-refractivity contribution in [3.63, 3.8) is 0 Å². The highest BCUT2D eigenvalue weighted by atomic mass is 32.2. The van der Waals surface area contributed by atoms with Gasteiger partial charge in [-0.15, -0.1) is 11.8 Å². The van der Waals surface area contributed by atoms with Crippen LogP contribution in [0.25, 0.3) is 0 Å². The molecule has 15 heavy (non-hydrogen) atoms. The summed E-state index contributed by atoms with van der Waals surface area (Å²) in [6.45, 7) is 3.78. The summed E-state index contributed by atoms with van der Waals surface area (Å²) in [5.41, 5.74) is 1.88. The average molecular weight is 234 g/mol. The van der Waals surface area contributed by atoms with Crippen LogP contribution in [0.3, 0.4) is 0 Å². The van der Waals surface area contributed by atoms with E-state index in [0.29, 0.717) is 23.8 Å². The first-order valence-electron chi connectivity index (χ1n) is 4.38. The lowest BCUT2D eigenvalue weighted by Crippen LogP contribution is -2.15. The molecule has 0 spiro atoms. The van der Waals surface area contributed by atoms with E-state index in [-0.39, 0.29) is 5.97 Å². The second-order valence-corrected chi connectivity index (χ2v) is 3.74. The smallest absolute Gasteiger partial charge is 0.425 e. The van der Waals surface area contributed by atoms with Crippen LogP contribution < -0.4 is 5.43 Å². The lowest BCUT2D eigenvalue weighted by Gasteiger charge is -2.01. The van der Waals surface area contributed by atoms with Crippen molar-refractivity contribution in [3.8, 4) is 0 Å². The number of rotatable bonds is 5. The number of hydrazone groups is 1. The standard InChI is InChI=1S/C8H14N2O4S/c1-3-14-7(11)4-5-15-6(2)9-10-8(12)13/h10H,3-5H2,1-2H3,(H,12,13). The molecule has 0 fully saturated rings. The zero-order valence-electron chi connectivity index (χ0n) is 8.65. The van der Waals surface area contributed by atoms with Gasteiger partial charge in [-0.1, -0.05) is 0 Å². The minimum absolute atomic E-state index is 0.260. The topological polar surface area (TPSA) is 88.0 Å². The number of esters is 1. The van der Waals surface area contributed by atoms with Crippen molar-refractivity contribution < 1.29 is 19.4 Å². The van der Waals surface area contributed by atoms with Crippen LogP contribution in [0.1, 0.15) is 20.3 Å². The molecule has 0 rings (SSSR count). The molecule has 0 aromatic carbocycles. The van der Waals surface area contributed by atoms with E-state index in [2.05, 4.69) is 5.10 Å². The fourth-order valence-corrected chi connectivity index (χ4v) is 1.35. The van der Waals surface area contributed by atoms with Crippen molar-refractivity contribution in [2.24, 2.45) is 5.10 Å². The molecule has 0 heterocycles. The number of thioether (sulfide) groups is 1. The van der Waals surface area contributed by atoms with Gasteiger partial charge in [0.05, 0.1) is 18.1 Å². The Labute approximate surface area is 92.1 Å². The van der Waals surface area contributed by atoms with Gasteiger partial charge in [0.1, 0.15) is 0 Å². The maximum Gasteiger partial charge on any atom is 0.425 e. The number of nitrogens with one attached hydrogen (secondary N) is 1. The summed E-state index contributed by atoms with van der Waals surface area (Å²) in [5.74, 6) is 0.263. The molecule has 0 bridgehead atoms. The van der Waals surface area contributed by atoms with Crippen molar-refractivity contribution in [3.05, 3.63) is 0 Å². The molecule has 0 aliphatic carbocycles. The zero-order valence-corrected chi connectivity index (χ0v) is 9.47. The molecule has 0 aromatic rings. The number of amides is 1. The van der Waals surface area contributed by atoms with Crippen molar-refractivity contribution in [1.29, 1.82) is 0 Å². The van der Waals surface area contributed by atoms with E-state index >= 15 is 0 Å². The van der Waals surface area contributed by atoms with Gasteiger partial charge in [0.25, 0.3) is 0 Å². The van der Waals surface area contributed by atoms with Crippen LogP contribution >= 0.6 is 11.8 Å². The average Bonchev–Trinajstić information content (AvgIpc) is 2.15. The first-order valence-corrected chi connectivity index (χ1v) is 5.36. The molecular weight excluding hydrogens is 220 g/mol. The summed E-state index contributed by atoms with van der Waals surface area (Å²) in [7, 11) is 0. The normalized spacial score (nSPS) is 10.9. The largest absolute Gasteiger partial charge is 0.466 e. The van der Waals surface area contributed by atoms with E-state index in [9.17, 15) is 9.59 Å². The number of nitrogens with zero attached hydrogens (tertiary/aromatic N) is 1. The van der Waals surface area contributed by atoms with Crippen molar-refractivity contribution in [2.75, 3.05) is 12.4 Å². The first kappa shape index (κ1) is 13.8. The molecule has 7 heteroatoms. The summed E-state index contributed by atoms with van der Waals surface area (Å²) < 4.78 is 4.72. The third-order valence-corrected chi connectivity index (χ3v) is 2.15. The number of carbonyl (C=O) groups excluding carboxylic acids is 1. The number of carbonyl (C=O) groups is 2. The monoisotopic (exact) mass is 234 g/mol. The molecule has 2 N–H and O–H groups in total. The van der Waals surface area contributed by atoms with Crippen LogP contribution in [-0.4, -0.2) is 34.6 Å². The Morgan fingerprint density at radius 1 is 1.53 bits per heavy atom. The molecule has 0 saturated carbocycles. The summed E-state index contributed by atoms with van der Waals surface area (Å²) in [5, 5.41) is 12.3. The molecule has 1 amide bonds. The fraction of sp³-hybridized carbons (Fsp3) is 0.625. The number of carboxylic acid groups (broad SMARTS) is 1. The summed E-state index contributed by atoms with van der Waals surface area (Å²) >= 11 is 1.30. The quantitative estimate of drug-likeness (QED) is 0.324. The van der Waals surface area contributed by atoms with Crippen molar-refractivity contribution in [1.82, 2.24) is 5.43 Å².